The molecule has 0 spiro atoms. The lowest BCUT2D eigenvalue weighted by atomic mass is 9.80. The number of nitrogens with one attached hydrogen (secondary N) is 2. The van der Waals surface area contributed by atoms with Crippen LogP contribution in [0.3, 0.4) is 0 Å². The monoisotopic (exact) mass is 302 g/mol. The zero-order chi connectivity index (χ0) is 15.6. The Bertz CT molecular complexity index is 701. The van der Waals surface area contributed by atoms with Gasteiger partial charge in [0, 0.05) is 42.4 Å². The maximum atomic E-state index is 12.3. The summed E-state index contributed by atoms with van der Waals surface area (Å²) in [5, 5.41) is 13.2. The van der Waals surface area contributed by atoms with E-state index in [9.17, 15) is 14.7 Å². The van der Waals surface area contributed by atoms with Gasteiger partial charge >= 0.3 is 5.97 Å². The van der Waals surface area contributed by atoms with Gasteiger partial charge in [0.1, 0.15) is 0 Å². The largest absolute Gasteiger partial charge is 0.481 e. The predicted molar refractivity (Wildman–Crippen MR) is 80.8 cm³/mol. The average molecular weight is 302 g/mol. The van der Waals surface area contributed by atoms with Crippen molar-refractivity contribution in [3.63, 3.8) is 0 Å². The Kier molecular flexibility index (Phi) is 3.85. The summed E-state index contributed by atoms with van der Waals surface area (Å²) in [6.45, 7) is 0.949. The molecule has 0 radical (unpaired) electrons. The molecule has 1 aliphatic heterocycles. The molecule has 2 heterocycles. The first-order chi connectivity index (χ1) is 10.6. The van der Waals surface area contributed by atoms with Crippen molar-refractivity contribution in [2.45, 2.75) is 12.8 Å². The normalized spacial score (nSPS) is 17.3. The molecule has 3 rings (SSSR count). The van der Waals surface area contributed by atoms with Crippen LogP contribution in [0.2, 0.25) is 0 Å². The summed E-state index contributed by atoms with van der Waals surface area (Å²) in [4.78, 5) is 26.9. The number of amides is 1. The van der Waals surface area contributed by atoms with E-state index in [1.54, 1.807) is 12.1 Å². The topological polar surface area (TPSA) is 91.4 Å². The minimum Gasteiger partial charge on any atom is -0.481 e. The van der Waals surface area contributed by atoms with Crippen LogP contribution in [-0.2, 0) is 9.53 Å². The Balaban J connectivity index is 1.71. The van der Waals surface area contributed by atoms with Gasteiger partial charge in [-0.3, -0.25) is 9.59 Å². The first kappa shape index (κ1) is 14.6. The molecule has 1 fully saturated rings. The SMILES string of the molecule is O=C(NCC1(C(=O)O)CCOCC1)c1ccc2[nH]ccc2c1. The molecule has 22 heavy (non-hydrogen) atoms. The summed E-state index contributed by atoms with van der Waals surface area (Å²) in [5.41, 5.74) is 0.564. The summed E-state index contributed by atoms with van der Waals surface area (Å²) in [7, 11) is 0. The summed E-state index contributed by atoms with van der Waals surface area (Å²) < 4.78 is 5.23. The fraction of sp³-hybridized carbons (Fsp3) is 0.375. The highest BCUT2D eigenvalue weighted by atomic mass is 16.5. The van der Waals surface area contributed by atoms with Crippen molar-refractivity contribution in [2.24, 2.45) is 5.41 Å². The maximum Gasteiger partial charge on any atom is 0.311 e. The van der Waals surface area contributed by atoms with Gasteiger partial charge in [-0.1, -0.05) is 0 Å². The van der Waals surface area contributed by atoms with E-state index in [1.807, 2.05) is 18.3 Å². The Hall–Kier alpha value is -2.34. The molecule has 0 saturated carbocycles. The summed E-state index contributed by atoms with van der Waals surface area (Å²) in [5.74, 6) is -1.13. The van der Waals surface area contributed by atoms with Gasteiger partial charge in [0.05, 0.1) is 5.41 Å². The molecule has 1 aliphatic rings. The molecule has 1 aromatic carbocycles. The number of carbonyl (C=O) groups excluding carboxylic acids is 1. The number of carbonyl (C=O) groups is 2. The van der Waals surface area contributed by atoms with Crippen LogP contribution in [0.15, 0.2) is 30.5 Å². The lowest BCUT2D eigenvalue weighted by molar-refractivity contribution is -0.154. The third-order valence-electron chi connectivity index (χ3n) is 4.31. The van der Waals surface area contributed by atoms with Crippen molar-refractivity contribution >= 4 is 22.8 Å². The lowest BCUT2D eigenvalue weighted by Gasteiger charge is -2.33. The first-order valence-corrected chi connectivity index (χ1v) is 7.27. The van der Waals surface area contributed by atoms with Crippen molar-refractivity contribution in [3.8, 4) is 0 Å². The number of carboxylic acids is 1. The van der Waals surface area contributed by atoms with Crippen molar-refractivity contribution in [1.29, 1.82) is 0 Å². The Morgan fingerprint density at radius 2 is 2.05 bits per heavy atom. The quantitative estimate of drug-likeness (QED) is 0.803. The van der Waals surface area contributed by atoms with Gasteiger partial charge in [0.25, 0.3) is 5.91 Å². The summed E-state index contributed by atoms with van der Waals surface area (Å²) >= 11 is 0. The van der Waals surface area contributed by atoms with Crippen LogP contribution in [0.1, 0.15) is 23.2 Å². The van der Waals surface area contributed by atoms with E-state index >= 15 is 0 Å². The highest BCUT2D eigenvalue weighted by Crippen LogP contribution is 2.30. The molecule has 3 N–H and O–H groups in total. The van der Waals surface area contributed by atoms with E-state index < -0.39 is 11.4 Å². The van der Waals surface area contributed by atoms with Gasteiger partial charge in [0.2, 0.25) is 0 Å². The number of ether oxygens (including phenoxy) is 1. The molecule has 0 aliphatic carbocycles. The van der Waals surface area contributed by atoms with Crippen LogP contribution in [0, 0.1) is 5.41 Å². The number of aromatic nitrogens is 1. The third kappa shape index (κ3) is 2.69. The van der Waals surface area contributed by atoms with Crippen LogP contribution >= 0.6 is 0 Å². The molecule has 0 atom stereocenters. The van der Waals surface area contributed by atoms with E-state index in [4.69, 9.17) is 4.74 Å². The van der Waals surface area contributed by atoms with E-state index in [2.05, 4.69) is 10.3 Å². The van der Waals surface area contributed by atoms with Crippen molar-refractivity contribution in [1.82, 2.24) is 10.3 Å². The fourth-order valence-corrected chi connectivity index (χ4v) is 2.77. The number of rotatable bonds is 4. The van der Waals surface area contributed by atoms with Crippen LogP contribution in [0.5, 0.6) is 0 Å². The highest BCUT2D eigenvalue weighted by Gasteiger charge is 2.40. The average Bonchev–Trinajstić information content (AvgIpc) is 3.01. The minimum absolute atomic E-state index is 0.121. The second-order valence-electron chi connectivity index (χ2n) is 5.66. The zero-order valence-electron chi connectivity index (χ0n) is 12.1. The lowest BCUT2D eigenvalue weighted by Crippen LogP contribution is -2.46. The number of H-pyrrole nitrogens is 1. The molecule has 116 valence electrons. The molecule has 6 nitrogen and oxygen atoms in total. The van der Waals surface area contributed by atoms with Crippen molar-refractivity contribution in [2.75, 3.05) is 19.8 Å². The Labute approximate surface area is 127 Å². The predicted octanol–water partition coefficient (Wildman–Crippen LogP) is 1.78. The minimum atomic E-state index is -0.925. The van der Waals surface area contributed by atoms with Gasteiger partial charge < -0.3 is 20.1 Å². The number of hydrogen-bond acceptors (Lipinski definition) is 3. The number of aromatic amines is 1. The maximum absolute atomic E-state index is 12.3. The molecule has 0 bridgehead atoms. The van der Waals surface area contributed by atoms with E-state index in [0.29, 0.717) is 31.6 Å². The molecule has 1 amide bonds. The number of fused-ring (bicyclic) bond motifs is 1. The van der Waals surface area contributed by atoms with Gasteiger partial charge in [-0.05, 0) is 37.1 Å². The Morgan fingerprint density at radius 3 is 2.77 bits per heavy atom. The Morgan fingerprint density at radius 1 is 1.27 bits per heavy atom. The van der Waals surface area contributed by atoms with Gasteiger partial charge in [-0.25, -0.2) is 0 Å². The summed E-state index contributed by atoms with van der Waals surface area (Å²) in [6, 6.07) is 7.25. The number of benzene rings is 1. The second-order valence-corrected chi connectivity index (χ2v) is 5.66. The number of aliphatic carboxylic acids is 1. The molecular weight excluding hydrogens is 284 g/mol. The molecule has 1 aromatic heterocycles. The van der Waals surface area contributed by atoms with Gasteiger partial charge in [-0.15, -0.1) is 0 Å². The molecule has 0 unspecified atom stereocenters. The summed E-state index contributed by atoms with van der Waals surface area (Å²) in [6.07, 6.45) is 2.65. The van der Waals surface area contributed by atoms with Crippen molar-refractivity contribution < 1.29 is 19.4 Å². The van der Waals surface area contributed by atoms with Crippen LogP contribution < -0.4 is 5.32 Å². The standard InChI is InChI=1S/C16H18N2O4/c19-14(12-1-2-13-11(9-12)3-6-17-13)18-10-16(15(20)21)4-7-22-8-5-16/h1-3,6,9,17H,4-5,7-8,10H2,(H,18,19)(H,20,21). The third-order valence-corrected chi connectivity index (χ3v) is 4.31. The highest BCUT2D eigenvalue weighted by molar-refractivity contribution is 5.98. The van der Waals surface area contributed by atoms with Crippen LogP contribution in [-0.4, -0.2) is 41.7 Å². The van der Waals surface area contributed by atoms with Crippen LogP contribution in [0.25, 0.3) is 10.9 Å². The van der Waals surface area contributed by atoms with Gasteiger partial charge in [-0.2, -0.15) is 0 Å². The van der Waals surface area contributed by atoms with Crippen molar-refractivity contribution in [3.05, 3.63) is 36.0 Å². The van der Waals surface area contributed by atoms with Crippen LogP contribution in [0.4, 0.5) is 0 Å². The number of carboxylic acid groups (broad SMARTS) is 1. The smallest absolute Gasteiger partial charge is 0.311 e. The van der Waals surface area contributed by atoms with E-state index in [1.165, 1.54) is 0 Å². The first-order valence-electron chi connectivity index (χ1n) is 7.27. The van der Waals surface area contributed by atoms with E-state index in [-0.39, 0.29) is 12.5 Å². The van der Waals surface area contributed by atoms with E-state index in [0.717, 1.165) is 10.9 Å². The fourth-order valence-electron chi connectivity index (χ4n) is 2.77. The number of hydrogen-bond donors (Lipinski definition) is 3. The van der Waals surface area contributed by atoms with Gasteiger partial charge in [0.15, 0.2) is 0 Å². The zero-order valence-corrected chi connectivity index (χ0v) is 12.1. The molecule has 6 heteroatoms. The second kappa shape index (κ2) is 5.81. The molecular formula is C16H18N2O4. The molecule has 2 aromatic rings. The molecule has 1 saturated heterocycles.